The summed E-state index contributed by atoms with van der Waals surface area (Å²) in [7, 11) is -3.89. The maximum Gasteiger partial charge on any atom is 0.327 e. The maximum absolute atomic E-state index is 13.6. The quantitative estimate of drug-likeness (QED) is 0.326. The fourth-order valence-corrected chi connectivity index (χ4v) is 5.77. The van der Waals surface area contributed by atoms with Crippen LogP contribution in [0, 0.1) is 0 Å². The van der Waals surface area contributed by atoms with Crippen molar-refractivity contribution >= 4 is 21.6 Å². The highest BCUT2D eigenvalue weighted by atomic mass is 32.2. The number of hydrogen-bond acceptors (Lipinski definition) is 6. The van der Waals surface area contributed by atoms with Crippen LogP contribution >= 0.6 is 0 Å². The molecule has 3 heterocycles. The van der Waals surface area contributed by atoms with E-state index in [1.165, 1.54) is 8.61 Å². The van der Waals surface area contributed by atoms with Crippen LogP contribution in [0.5, 0.6) is 0 Å². The highest BCUT2D eigenvalue weighted by Gasteiger charge is 2.41. The summed E-state index contributed by atoms with van der Waals surface area (Å²) in [5.41, 5.74) is 3.91. The number of nitrogens with zero attached hydrogens (tertiary/aromatic N) is 4. The zero-order valence-corrected chi connectivity index (χ0v) is 19.3. The van der Waals surface area contributed by atoms with Gasteiger partial charge in [0.25, 0.3) is 0 Å². The lowest BCUT2D eigenvalue weighted by atomic mass is 10.1. The summed E-state index contributed by atoms with van der Waals surface area (Å²) in [5, 5.41) is 8.23. The third-order valence-electron chi connectivity index (χ3n) is 5.82. The van der Waals surface area contributed by atoms with Gasteiger partial charge in [0.1, 0.15) is 11.4 Å². The smallest absolute Gasteiger partial charge is 0.327 e. The van der Waals surface area contributed by atoms with Crippen LogP contribution in [0.3, 0.4) is 0 Å². The lowest BCUT2D eigenvalue weighted by Gasteiger charge is -2.20. The molecule has 1 aliphatic heterocycles. The van der Waals surface area contributed by atoms with Gasteiger partial charge in [0.2, 0.25) is 0 Å². The van der Waals surface area contributed by atoms with Gasteiger partial charge in [0, 0.05) is 23.3 Å². The van der Waals surface area contributed by atoms with Crippen LogP contribution in [0.1, 0.15) is 11.4 Å². The molecule has 6 rings (SSSR count). The van der Waals surface area contributed by atoms with Crippen LogP contribution < -0.4 is 8.61 Å². The number of aromatic nitrogens is 2. The second-order valence-electron chi connectivity index (χ2n) is 8.11. The Balaban J connectivity index is 1.29. The van der Waals surface area contributed by atoms with Crippen molar-refractivity contribution in [3.05, 3.63) is 108 Å². The Hall–Kier alpha value is -4.37. The molecule has 0 N–H and O–H groups in total. The third kappa shape index (κ3) is 3.85. The maximum atomic E-state index is 13.6. The fourth-order valence-electron chi connectivity index (χ4n) is 4.13. The molecule has 0 saturated carbocycles. The minimum atomic E-state index is -3.89. The van der Waals surface area contributed by atoms with Gasteiger partial charge >= 0.3 is 10.2 Å². The Morgan fingerprint density at radius 2 is 1.00 bits per heavy atom. The summed E-state index contributed by atoms with van der Waals surface area (Å²) >= 11 is 0. The molecule has 0 radical (unpaired) electrons. The van der Waals surface area contributed by atoms with E-state index in [-0.39, 0.29) is 13.1 Å². The molecule has 0 saturated heterocycles. The molecule has 0 fully saturated rings. The second kappa shape index (κ2) is 8.44. The Bertz CT molecular complexity index is 1470. The monoisotopic (exact) mass is 484 g/mol. The number of rotatable bonds is 6. The summed E-state index contributed by atoms with van der Waals surface area (Å²) in [5.74, 6) is 1.16. The van der Waals surface area contributed by atoms with E-state index in [1.54, 1.807) is 24.3 Å². The van der Waals surface area contributed by atoms with Crippen molar-refractivity contribution in [2.45, 2.75) is 13.1 Å². The molecule has 0 amide bonds. The zero-order valence-electron chi connectivity index (χ0n) is 18.5. The van der Waals surface area contributed by atoms with Gasteiger partial charge in [0.05, 0.1) is 24.5 Å². The van der Waals surface area contributed by atoms with E-state index < -0.39 is 10.2 Å². The van der Waals surface area contributed by atoms with E-state index in [4.69, 9.17) is 9.05 Å². The largest absolute Gasteiger partial charge is 0.356 e. The Kier molecular flexibility index (Phi) is 5.11. The molecule has 8 nitrogen and oxygen atoms in total. The topological polar surface area (TPSA) is 92.7 Å². The van der Waals surface area contributed by atoms with Gasteiger partial charge in [-0.05, 0) is 12.1 Å². The van der Waals surface area contributed by atoms with Gasteiger partial charge < -0.3 is 9.05 Å². The summed E-state index contributed by atoms with van der Waals surface area (Å²) in [4.78, 5) is 0. The highest BCUT2D eigenvalue weighted by Crippen LogP contribution is 2.42. The first kappa shape index (κ1) is 21.2. The lowest BCUT2D eigenvalue weighted by molar-refractivity contribution is 0.423. The summed E-state index contributed by atoms with van der Waals surface area (Å²) in [6, 6.07) is 29.8. The van der Waals surface area contributed by atoms with E-state index in [1.807, 2.05) is 72.8 Å². The average molecular weight is 485 g/mol. The second-order valence-corrected chi connectivity index (χ2v) is 9.88. The third-order valence-corrected chi connectivity index (χ3v) is 7.59. The van der Waals surface area contributed by atoms with E-state index in [9.17, 15) is 8.42 Å². The van der Waals surface area contributed by atoms with Crippen LogP contribution in [0.4, 0.5) is 11.4 Å². The average Bonchev–Trinajstić information content (AvgIpc) is 3.61. The first-order chi connectivity index (χ1) is 17.1. The number of benzene rings is 3. The first-order valence-electron chi connectivity index (χ1n) is 11.0. The van der Waals surface area contributed by atoms with Gasteiger partial charge in [-0.2, -0.15) is 8.42 Å². The van der Waals surface area contributed by atoms with Crippen molar-refractivity contribution in [1.29, 1.82) is 0 Å². The molecular formula is C26H20N4O4S. The van der Waals surface area contributed by atoms with E-state index >= 15 is 0 Å². The van der Waals surface area contributed by atoms with E-state index in [0.29, 0.717) is 34.3 Å². The number of fused-ring (bicyclic) bond motifs is 1. The normalized spacial score (nSPS) is 14.3. The minimum absolute atomic E-state index is 0.0419. The molecule has 0 spiro atoms. The molecule has 9 heteroatoms. The highest BCUT2D eigenvalue weighted by molar-refractivity contribution is 7.94. The molecule has 1 aliphatic rings. The van der Waals surface area contributed by atoms with Gasteiger partial charge in [-0.15, -0.1) is 0 Å². The van der Waals surface area contributed by atoms with Crippen molar-refractivity contribution in [3.8, 4) is 22.6 Å². The van der Waals surface area contributed by atoms with E-state index in [2.05, 4.69) is 10.3 Å². The summed E-state index contributed by atoms with van der Waals surface area (Å²) in [6.07, 6.45) is 0. The molecule has 0 bridgehead atoms. The first-order valence-corrected chi connectivity index (χ1v) is 12.4. The molecule has 3 aromatic carbocycles. The van der Waals surface area contributed by atoms with Crippen LogP contribution in [0.25, 0.3) is 22.6 Å². The summed E-state index contributed by atoms with van der Waals surface area (Å²) in [6.45, 7) is 0.0839. The van der Waals surface area contributed by atoms with Gasteiger partial charge in [-0.25, -0.2) is 8.61 Å². The Morgan fingerprint density at radius 1 is 0.600 bits per heavy atom. The fraction of sp³-hybridized carbons (Fsp3) is 0.0769. The molecule has 174 valence electrons. The van der Waals surface area contributed by atoms with Gasteiger partial charge in [-0.1, -0.05) is 83.1 Å². The van der Waals surface area contributed by atoms with E-state index in [0.717, 1.165) is 11.1 Å². The van der Waals surface area contributed by atoms with Gasteiger partial charge in [0.15, 0.2) is 11.5 Å². The molecule has 0 atom stereocenters. The zero-order chi connectivity index (χ0) is 23.8. The molecule has 0 unspecified atom stereocenters. The molecule has 35 heavy (non-hydrogen) atoms. The van der Waals surface area contributed by atoms with Crippen LogP contribution in [-0.2, 0) is 23.3 Å². The lowest BCUT2D eigenvalue weighted by Crippen LogP contribution is -2.37. The number of para-hydroxylation sites is 2. The van der Waals surface area contributed by atoms with Crippen LogP contribution in [0.15, 0.2) is 106 Å². The Labute approximate surface area is 202 Å². The van der Waals surface area contributed by atoms with Crippen LogP contribution in [-0.4, -0.2) is 18.7 Å². The van der Waals surface area contributed by atoms with Crippen molar-refractivity contribution in [1.82, 2.24) is 10.3 Å². The minimum Gasteiger partial charge on any atom is -0.356 e. The molecule has 5 aromatic rings. The molecule has 2 aromatic heterocycles. The standard InChI is InChI=1S/C26H20N4O4S/c31-35(32)29(17-21-15-25(33-27-21)19-9-3-1-4-10-19)23-13-7-8-14-24(23)30(35)18-22-16-26(34-28-22)20-11-5-2-6-12-20/h1-16H,17-18H2. The van der Waals surface area contributed by atoms with Crippen molar-refractivity contribution < 1.29 is 17.5 Å². The Morgan fingerprint density at radius 3 is 1.43 bits per heavy atom. The number of anilines is 2. The predicted molar refractivity (Wildman–Crippen MR) is 132 cm³/mol. The van der Waals surface area contributed by atoms with Crippen molar-refractivity contribution in [2.75, 3.05) is 8.61 Å². The SMILES string of the molecule is O=S1(=O)N(Cc2cc(-c3ccccc3)on2)c2ccccc2N1Cc1cc(-c2ccccc2)on1. The number of hydrogen-bond donors (Lipinski definition) is 0. The van der Waals surface area contributed by atoms with Crippen molar-refractivity contribution in [2.24, 2.45) is 0 Å². The van der Waals surface area contributed by atoms with Crippen molar-refractivity contribution in [3.63, 3.8) is 0 Å². The van der Waals surface area contributed by atoms with Crippen LogP contribution in [0.2, 0.25) is 0 Å². The molecular weight excluding hydrogens is 464 g/mol. The summed E-state index contributed by atoms with van der Waals surface area (Å²) < 4.78 is 40.9. The van der Waals surface area contributed by atoms with Gasteiger partial charge in [-0.3, -0.25) is 0 Å². The molecule has 0 aliphatic carbocycles. The predicted octanol–water partition coefficient (Wildman–Crippen LogP) is 5.27.